The number of amides is 1. The zero-order chi connectivity index (χ0) is 23.1. The third kappa shape index (κ3) is 3.58. The van der Waals surface area contributed by atoms with Crippen molar-refractivity contribution in [1.29, 1.82) is 0 Å². The number of nitrogens with zero attached hydrogens (tertiary/aromatic N) is 2. The van der Waals surface area contributed by atoms with E-state index in [0.29, 0.717) is 28.8 Å². The second kappa shape index (κ2) is 8.22. The highest BCUT2D eigenvalue weighted by Crippen LogP contribution is 2.44. The maximum Gasteiger partial charge on any atom is 0.302 e. The number of benzene rings is 2. The number of aryl methyl sites for hydroxylation is 1. The van der Waals surface area contributed by atoms with Gasteiger partial charge in [-0.15, -0.1) is 0 Å². The number of rotatable bonds is 5. The van der Waals surface area contributed by atoms with Crippen molar-refractivity contribution in [3.05, 3.63) is 83.3 Å². The predicted molar refractivity (Wildman–Crippen MR) is 125 cm³/mol. The van der Waals surface area contributed by atoms with Gasteiger partial charge in [0.1, 0.15) is 23.3 Å². The molecule has 0 saturated carbocycles. The van der Waals surface area contributed by atoms with Gasteiger partial charge in [0.2, 0.25) is 0 Å². The van der Waals surface area contributed by atoms with Crippen molar-refractivity contribution in [1.82, 2.24) is 4.98 Å². The summed E-state index contributed by atoms with van der Waals surface area (Å²) in [4.78, 5) is 32.3. The lowest BCUT2D eigenvalue weighted by Gasteiger charge is -2.20. The molecule has 1 N–H and O–H groups in total. The molecule has 5 rings (SSSR count). The molecule has 3 heterocycles. The zero-order valence-corrected chi connectivity index (χ0v) is 18.8. The first-order chi connectivity index (χ1) is 16.0. The van der Waals surface area contributed by atoms with Crippen molar-refractivity contribution in [2.75, 3.05) is 11.5 Å². The van der Waals surface area contributed by atoms with E-state index in [9.17, 15) is 14.7 Å². The number of ether oxygens (including phenoxy) is 1. The first-order valence-electron chi connectivity index (χ1n) is 10.4. The molecule has 1 aliphatic rings. The molecule has 0 spiro atoms. The van der Waals surface area contributed by atoms with Crippen molar-refractivity contribution in [3.8, 4) is 5.75 Å². The summed E-state index contributed by atoms with van der Waals surface area (Å²) in [7, 11) is 0. The lowest BCUT2D eigenvalue weighted by atomic mass is 9.99. The number of carbonyl (C=O) groups excluding carboxylic acids is 2. The molecule has 7 nitrogen and oxygen atoms in total. The molecule has 2 aromatic heterocycles. The molecule has 166 valence electrons. The Hall–Kier alpha value is -3.91. The Morgan fingerprint density at radius 2 is 2.03 bits per heavy atom. The van der Waals surface area contributed by atoms with Crippen molar-refractivity contribution < 1.29 is 23.8 Å². The van der Waals surface area contributed by atoms with Crippen molar-refractivity contribution in [3.63, 3.8) is 0 Å². The van der Waals surface area contributed by atoms with Crippen molar-refractivity contribution >= 4 is 44.1 Å². The van der Waals surface area contributed by atoms with E-state index in [0.717, 1.165) is 15.8 Å². The number of fused-ring (bicyclic) bond motifs is 1. The van der Waals surface area contributed by atoms with Crippen LogP contribution in [-0.4, -0.2) is 28.4 Å². The Morgan fingerprint density at radius 3 is 2.79 bits per heavy atom. The number of aliphatic hydroxyl groups is 1. The Labute approximate surface area is 193 Å². The van der Waals surface area contributed by atoms with E-state index < -0.39 is 17.7 Å². The standard InChI is InChI=1S/C25H20N2O5S/c1-3-31-16-7-4-6-15(13-16)22(28)20-21(18-8-5-11-32-18)27(24(30)23(20)29)25-26-17-10-9-14(2)12-19(17)33-25/h4-13,21,28H,3H2,1-2H3. The van der Waals surface area contributed by atoms with Gasteiger partial charge in [-0.1, -0.05) is 29.5 Å². The summed E-state index contributed by atoms with van der Waals surface area (Å²) in [5.41, 5.74) is 2.11. The average molecular weight is 461 g/mol. The summed E-state index contributed by atoms with van der Waals surface area (Å²) in [6, 6.07) is 15.0. The number of hydrogen-bond donors (Lipinski definition) is 1. The molecule has 4 aromatic rings. The molecular formula is C25H20N2O5S. The van der Waals surface area contributed by atoms with Crippen LogP contribution >= 0.6 is 11.3 Å². The van der Waals surface area contributed by atoms with Crippen LogP contribution in [0.4, 0.5) is 5.13 Å². The predicted octanol–water partition coefficient (Wildman–Crippen LogP) is 5.22. The molecule has 1 atom stereocenters. The second-order valence-corrected chi connectivity index (χ2v) is 8.62. The first-order valence-corrected chi connectivity index (χ1v) is 11.2. The maximum absolute atomic E-state index is 13.2. The second-order valence-electron chi connectivity index (χ2n) is 7.61. The monoisotopic (exact) mass is 460 g/mol. The van der Waals surface area contributed by atoms with Crippen LogP contribution in [0.1, 0.15) is 29.9 Å². The molecule has 1 aliphatic heterocycles. The molecule has 1 amide bonds. The zero-order valence-electron chi connectivity index (χ0n) is 17.9. The molecule has 1 unspecified atom stereocenters. The van der Waals surface area contributed by atoms with Gasteiger partial charge in [0.25, 0.3) is 5.78 Å². The largest absolute Gasteiger partial charge is 0.507 e. The van der Waals surface area contributed by atoms with Gasteiger partial charge < -0.3 is 14.3 Å². The van der Waals surface area contributed by atoms with E-state index in [1.807, 2.05) is 32.0 Å². The minimum absolute atomic E-state index is 0.0564. The van der Waals surface area contributed by atoms with Crippen LogP contribution in [-0.2, 0) is 9.59 Å². The number of aromatic nitrogens is 1. The van der Waals surface area contributed by atoms with Crippen LogP contribution in [0.25, 0.3) is 16.0 Å². The Morgan fingerprint density at radius 1 is 1.18 bits per heavy atom. The van der Waals surface area contributed by atoms with Gasteiger partial charge in [-0.25, -0.2) is 4.98 Å². The van der Waals surface area contributed by atoms with Crippen molar-refractivity contribution in [2.24, 2.45) is 0 Å². The van der Waals surface area contributed by atoms with Crippen LogP contribution in [0.3, 0.4) is 0 Å². The normalized spacial score (nSPS) is 17.8. The Bertz CT molecular complexity index is 1400. The third-order valence-electron chi connectivity index (χ3n) is 5.41. The van der Waals surface area contributed by atoms with Gasteiger partial charge in [-0.3, -0.25) is 14.5 Å². The fraction of sp³-hybridized carbons (Fsp3) is 0.160. The molecular weight excluding hydrogens is 440 g/mol. The summed E-state index contributed by atoms with van der Waals surface area (Å²) >= 11 is 1.31. The number of Topliss-reactive ketones (excluding diaryl/α,β-unsaturated/α-hetero) is 1. The van der Waals surface area contributed by atoms with Gasteiger partial charge in [-0.2, -0.15) is 0 Å². The highest BCUT2D eigenvalue weighted by atomic mass is 32.1. The first kappa shape index (κ1) is 21.0. The summed E-state index contributed by atoms with van der Waals surface area (Å²) in [6.45, 7) is 4.29. The lowest BCUT2D eigenvalue weighted by molar-refractivity contribution is -0.132. The lowest BCUT2D eigenvalue weighted by Crippen LogP contribution is -2.29. The summed E-state index contributed by atoms with van der Waals surface area (Å²) in [5.74, 6) is -0.962. The van der Waals surface area contributed by atoms with E-state index >= 15 is 0 Å². The van der Waals surface area contributed by atoms with E-state index in [2.05, 4.69) is 4.98 Å². The average Bonchev–Trinajstić information content (AvgIpc) is 3.52. The van der Waals surface area contributed by atoms with Gasteiger partial charge >= 0.3 is 5.91 Å². The molecule has 0 bridgehead atoms. The molecule has 1 saturated heterocycles. The highest BCUT2D eigenvalue weighted by molar-refractivity contribution is 7.22. The smallest absolute Gasteiger partial charge is 0.302 e. The maximum atomic E-state index is 13.2. The van der Waals surface area contributed by atoms with Crippen LogP contribution < -0.4 is 9.64 Å². The van der Waals surface area contributed by atoms with Crippen LogP contribution in [0.15, 0.2) is 70.9 Å². The van der Waals surface area contributed by atoms with Gasteiger partial charge in [0, 0.05) is 5.56 Å². The SMILES string of the molecule is CCOc1cccc(C(O)=C2C(=O)C(=O)N(c3nc4ccc(C)cc4s3)C2c2ccco2)c1. The van der Waals surface area contributed by atoms with E-state index in [1.165, 1.54) is 22.5 Å². The number of furan rings is 1. The number of aliphatic hydroxyl groups excluding tert-OH is 1. The van der Waals surface area contributed by atoms with E-state index in [4.69, 9.17) is 9.15 Å². The molecule has 1 fully saturated rings. The quantitative estimate of drug-likeness (QED) is 0.249. The number of ketones is 1. The number of carbonyl (C=O) groups is 2. The number of anilines is 1. The molecule has 0 radical (unpaired) electrons. The summed E-state index contributed by atoms with van der Waals surface area (Å²) in [5, 5.41) is 11.5. The molecule has 0 aliphatic carbocycles. The Balaban J connectivity index is 1.68. The Kier molecular flexibility index (Phi) is 5.22. The van der Waals surface area contributed by atoms with Gasteiger partial charge in [0.05, 0.1) is 28.7 Å². The minimum atomic E-state index is -0.947. The molecule has 2 aromatic carbocycles. The van der Waals surface area contributed by atoms with Crippen LogP contribution in [0.2, 0.25) is 0 Å². The fourth-order valence-corrected chi connectivity index (χ4v) is 5.01. The van der Waals surface area contributed by atoms with Gasteiger partial charge in [-0.05, 0) is 55.8 Å². The summed E-state index contributed by atoms with van der Waals surface area (Å²) < 4.78 is 12.0. The van der Waals surface area contributed by atoms with Crippen LogP contribution in [0, 0.1) is 6.92 Å². The third-order valence-corrected chi connectivity index (χ3v) is 6.43. The van der Waals surface area contributed by atoms with Crippen molar-refractivity contribution in [2.45, 2.75) is 19.9 Å². The summed E-state index contributed by atoms with van der Waals surface area (Å²) in [6.07, 6.45) is 1.47. The topological polar surface area (TPSA) is 92.9 Å². The van der Waals surface area contributed by atoms with E-state index in [1.54, 1.807) is 36.4 Å². The number of thiazole rings is 1. The highest BCUT2D eigenvalue weighted by Gasteiger charge is 2.49. The molecule has 33 heavy (non-hydrogen) atoms. The molecule has 8 heteroatoms. The number of hydrogen-bond acceptors (Lipinski definition) is 7. The van der Waals surface area contributed by atoms with Gasteiger partial charge in [0.15, 0.2) is 5.13 Å². The van der Waals surface area contributed by atoms with Crippen LogP contribution in [0.5, 0.6) is 5.75 Å². The van der Waals surface area contributed by atoms with E-state index in [-0.39, 0.29) is 11.3 Å². The minimum Gasteiger partial charge on any atom is -0.507 e. The fourth-order valence-electron chi connectivity index (χ4n) is 3.92.